The molecular weight excluding hydrogens is 444 g/mol. The third-order valence-corrected chi connectivity index (χ3v) is 6.87. The predicted octanol–water partition coefficient (Wildman–Crippen LogP) is 3.28. The molecule has 3 atom stereocenters. The Hall–Kier alpha value is -2.79. The van der Waals surface area contributed by atoms with Gasteiger partial charge in [-0.2, -0.15) is 0 Å². The molecule has 1 aromatic heterocycles. The van der Waals surface area contributed by atoms with E-state index in [1.165, 1.54) is 19.3 Å². The molecule has 0 aromatic carbocycles. The molecule has 1 saturated carbocycles. The predicted molar refractivity (Wildman–Crippen MR) is 135 cm³/mol. The molecule has 3 amide bonds. The first-order valence-electron chi connectivity index (χ1n) is 12.9. The molecule has 1 aliphatic carbocycles. The number of amides is 3. The van der Waals surface area contributed by atoms with Crippen molar-refractivity contribution in [1.82, 2.24) is 20.1 Å². The molecular formula is C27H40N4O4. The summed E-state index contributed by atoms with van der Waals surface area (Å²) in [5.74, 6) is 6.89. The summed E-state index contributed by atoms with van der Waals surface area (Å²) in [6, 6.07) is 1.23. The number of likely N-dealkylation sites (N-methyl/N-ethyl adjacent to an activating group) is 1. The number of carbonyl (C=O) groups excluding carboxylic acids is 2. The van der Waals surface area contributed by atoms with E-state index in [4.69, 9.17) is 4.74 Å². The number of aliphatic hydroxyl groups excluding tert-OH is 1. The van der Waals surface area contributed by atoms with E-state index in [-0.39, 0.29) is 42.5 Å². The summed E-state index contributed by atoms with van der Waals surface area (Å²) in [4.78, 5) is 33.7. The Kier molecular flexibility index (Phi) is 9.79. The molecule has 2 aliphatic rings. The summed E-state index contributed by atoms with van der Waals surface area (Å²) < 4.78 is 6.27. The number of carbonyl (C=O) groups is 2. The summed E-state index contributed by atoms with van der Waals surface area (Å²) in [7, 11) is 1.73. The zero-order valence-corrected chi connectivity index (χ0v) is 21.5. The van der Waals surface area contributed by atoms with Gasteiger partial charge in [0, 0.05) is 43.7 Å². The molecule has 0 bridgehead atoms. The number of ether oxygens (including phenoxy) is 1. The van der Waals surface area contributed by atoms with Gasteiger partial charge in [-0.05, 0) is 32.3 Å². The number of fused-ring (bicyclic) bond motifs is 1. The van der Waals surface area contributed by atoms with Crippen LogP contribution in [0, 0.1) is 23.7 Å². The minimum Gasteiger partial charge on any atom is -0.472 e. The second-order valence-electron chi connectivity index (χ2n) is 9.92. The van der Waals surface area contributed by atoms with Crippen LogP contribution in [0.5, 0.6) is 5.88 Å². The highest BCUT2D eigenvalue weighted by atomic mass is 16.5. The average molecular weight is 485 g/mol. The van der Waals surface area contributed by atoms with Crippen LogP contribution < -0.4 is 10.1 Å². The summed E-state index contributed by atoms with van der Waals surface area (Å²) in [5.41, 5.74) is 1.03. The Morgan fingerprint density at radius 3 is 2.80 bits per heavy atom. The number of nitrogens with one attached hydrogen (secondary N) is 1. The van der Waals surface area contributed by atoms with Crippen molar-refractivity contribution >= 4 is 11.9 Å². The first-order valence-corrected chi connectivity index (χ1v) is 12.9. The van der Waals surface area contributed by atoms with Gasteiger partial charge in [0.1, 0.15) is 11.7 Å². The zero-order chi connectivity index (χ0) is 25.4. The van der Waals surface area contributed by atoms with Crippen molar-refractivity contribution < 1.29 is 19.4 Å². The van der Waals surface area contributed by atoms with Crippen molar-refractivity contribution in [3.05, 3.63) is 23.4 Å². The molecule has 0 spiro atoms. The van der Waals surface area contributed by atoms with Crippen molar-refractivity contribution in [1.29, 1.82) is 0 Å². The molecule has 1 fully saturated rings. The fraction of sp³-hybridized carbons (Fsp3) is 0.667. The van der Waals surface area contributed by atoms with E-state index < -0.39 is 0 Å². The molecule has 8 heteroatoms. The van der Waals surface area contributed by atoms with Crippen LogP contribution in [0.3, 0.4) is 0 Å². The lowest BCUT2D eigenvalue weighted by atomic mass is 9.90. The van der Waals surface area contributed by atoms with Crippen LogP contribution in [-0.2, 0) is 0 Å². The van der Waals surface area contributed by atoms with E-state index in [1.54, 1.807) is 29.1 Å². The topological polar surface area (TPSA) is 95.0 Å². The minimum absolute atomic E-state index is 0.0879. The second-order valence-corrected chi connectivity index (χ2v) is 9.92. The van der Waals surface area contributed by atoms with E-state index in [9.17, 15) is 14.7 Å². The Bertz CT molecular complexity index is 935. The molecule has 8 nitrogen and oxygen atoms in total. The average Bonchev–Trinajstić information content (AvgIpc) is 2.88. The maximum Gasteiger partial charge on any atom is 0.317 e. The Morgan fingerprint density at radius 1 is 1.37 bits per heavy atom. The number of hydrogen-bond donors (Lipinski definition) is 2. The number of pyridine rings is 1. The monoisotopic (exact) mass is 484 g/mol. The van der Waals surface area contributed by atoms with Crippen LogP contribution in [0.15, 0.2) is 12.3 Å². The smallest absolute Gasteiger partial charge is 0.317 e. The van der Waals surface area contributed by atoms with Crippen LogP contribution in [0.25, 0.3) is 0 Å². The molecule has 0 radical (unpaired) electrons. The second kappa shape index (κ2) is 12.8. The maximum atomic E-state index is 13.5. The van der Waals surface area contributed by atoms with Crippen LogP contribution in [-0.4, -0.2) is 77.3 Å². The van der Waals surface area contributed by atoms with Gasteiger partial charge in [-0.25, -0.2) is 9.78 Å². The number of aromatic nitrogens is 1. The maximum absolute atomic E-state index is 13.5. The van der Waals surface area contributed by atoms with Gasteiger partial charge in [-0.1, -0.05) is 45.0 Å². The number of hydrogen-bond acceptors (Lipinski definition) is 5. The highest BCUT2D eigenvalue weighted by Crippen LogP contribution is 2.28. The fourth-order valence-corrected chi connectivity index (χ4v) is 4.54. The normalized spacial score (nSPS) is 21.5. The molecule has 0 unspecified atom stereocenters. The highest BCUT2D eigenvalue weighted by Gasteiger charge is 2.34. The van der Waals surface area contributed by atoms with E-state index in [2.05, 4.69) is 22.1 Å². The van der Waals surface area contributed by atoms with Crippen molar-refractivity contribution in [2.24, 2.45) is 11.8 Å². The SMILES string of the molecule is CCCNC(=O)N(C)C[C@@H]1Oc2ncc(C#CC3CCCCC3)cc2C(=O)N([C@H](C)CO)C[C@H]1C. The summed E-state index contributed by atoms with van der Waals surface area (Å²) in [6.45, 7) is 7.02. The van der Waals surface area contributed by atoms with Crippen LogP contribution in [0.2, 0.25) is 0 Å². The molecule has 2 N–H and O–H groups in total. The van der Waals surface area contributed by atoms with Gasteiger partial charge >= 0.3 is 6.03 Å². The molecule has 0 saturated heterocycles. The summed E-state index contributed by atoms with van der Waals surface area (Å²) >= 11 is 0. The van der Waals surface area contributed by atoms with Crippen molar-refractivity contribution in [2.75, 3.05) is 33.3 Å². The van der Waals surface area contributed by atoms with Gasteiger partial charge in [0.05, 0.1) is 19.2 Å². The first-order chi connectivity index (χ1) is 16.8. The minimum atomic E-state index is -0.376. The quantitative estimate of drug-likeness (QED) is 0.605. The number of rotatable bonds is 6. The third kappa shape index (κ3) is 7.11. The number of nitrogens with zero attached hydrogens (tertiary/aromatic N) is 3. The van der Waals surface area contributed by atoms with Crippen molar-refractivity contribution in [3.63, 3.8) is 0 Å². The summed E-state index contributed by atoms with van der Waals surface area (Å²) in [6.07, 6.45) is 8.08. The van der Waals surface area contributed by atoms with Crippen LogP contribution in [0.4, 0.5) is 4.79 Å². The molecule has 35 heavy (non-hydrogen) atoms. The Balaban J connectivity index is 1.89. The number of aliphatic hydroxyl groups is 1. The lowest BCUT2D eigenvalue weighted by Gasteiger charge is -2.37. The lowest BCUT2D eigenvalue weighted by Crippen LogP contribution is -2.51. The molecule has 1 aromatic rings. The molecule has 1 aliphatic heterocycles. The zero-order valence-electron chi connectivity index (χ0n) is 21.5. The van der Waals surface area contributed by atoms with Crippen molar-refractivity contribution in [3.8, 4) is 17.7 Å². The van der Waals surface area contributed by atoms with Gasteiger partial charge in [0.15, 0.2) is 0 Å². The van der Waals surface area contributed by atoms with E-state index in [1.807, 2.05) is 20.8 Å². The standard InChI is InChI=1S/C27H40N4O4/c1-5-13-28-27(34)30(4)17-24-19(2)16-31(20(3)18-32)26(33)23-14-22(15-29-25(23)35-24)12-11-21-9-7-6-8-10-21/h14-15,19-21,24,32H,5-10,13,16-18H2,1-4H3,(H,28,34)/t19-,20-,24+/m1/s1. The van der Waals surface area contributed by atoms with E-state index in [0.717, 1.165) is 19.3 Å². The molecule has 2 heterocycles. The van der Waals surface area contributed by atoms with Gasteiger partial charge in [-0.15, -0.1) is 0 Å². The first kappa shape index (κ1) is 26.8. The van der Waals surface area contributed by atoms with Crippen LogP contribution >= 0.6 is 0 Å². The lowest BCUT2D eigenvalue weighted by molar-refractivity contribution is 0.0352. The third-order valence-electron chi connectivity index (χ3n) is 6.87. The highest BCUT2D eigenvalue weighted by molar-refractivity contribution is 5.97. The molecule has 192 valence electrons. The van der Waals surface area contributed by atoms with Gasteiger partial charge in [0.25, 0.3) is 5.91 Å². The summed E-state index contributed by atoms with van der Waals surface area (Å²) in [5, 5.41) is 12.7. The Morgan fingerprint density at radius 2 is 2.11 bits per heavy atom. The molecule has 3 rings (SSSR count). The fourth-order valence-electron chi connectivity index (χ4n) is 4.54. The van der Waals surface area contributed by atoms with Gasteiger partial charge in [-0.3, -0.25) is 4.79 Å². The Labute approximate surface area is 209 Å². The largest absolute Gasteiger partial charge is 0.472 e. The van der Waals surface area contributed by atoms with Crippen molar-refractivity contribution in [2.45, 2.75) is 71.4 Å². The van der Waals surface area contributed by atoms with Gasteiger partial charge < -0.3 is 25.0 Å². The van der Waals surface area contributed by atoms with Gasteiger partial charge in [0.2, 0.25) is 5.88 Å². The number of urea groups is 1. The van der Waals surface area contributed by atoms with E-state index in [0.29, 0.717) is 36.7 Å². The van der Waals surface area contributed by atoms with E-state index >= 15 is 0 Å². The van der Waals surface area contributed by atoms with Crippen LogP contribution in [0.1, 0.15) is 75.2 Å².